The maximum atomic E-state index is 13.1. The van der Waals surface area contributed by atoms with E-state index in [1.807, 2.05) is 27.7 Å². The van der Waals surface area contributed by atoms with E-state index in [-0.39, 0.29) is 12.1 Å². The molecule has 0 radical (unpaired) electrons. The van der Waals surface area contributed by atoms with Gasteiger partial charge in [-0.2, -0.15) is 26.3 Å². The summed E-state index contributed by atoms with van der Waals surface area (Å²) in [6.07, 6.45) is -5.79. The molecule has 0 bridgehead atoms. The fourth-order valence-corrected chi connectivity index (χ4v) is 1.99. The number of nitrogens with one attached hydrogen (secondary N) is 1. The van der Waals surface area contributed by atoms with Gasteiger partial charge in [-0.3, -0.25) is 5.41 Å². The van der Waals surface area contributed by atoms with Crippen molar-refractivity contribution in [2.24, 2.45) is 4.99 Å². The molecule has 0 unspecified atom stereocenters. The summed E-state index contributed by atoms with van der Waals surface area (Å²) in [6.45, 7) is 20.5. The van der Waals surface area contributed by atoms with Crippen LogP contribution >= 0.6 is 0 Å². The van der Waals surface area contributed by atoms with Crippen LogP contribution in [0.4, 0.5) is 26.3 Å². The van der Waals surface area contributed by atoms with E-state index in [1.165, 1.54) is 26.0 Å². The second-order valence-corrected chi connectivity index (χ2v) is 4.79. The Bertz CT molecular complexity index is 578. The maximum Gasteiger partial charge on any atom is 0.430 e. The summed E-state index contributed by atoms with van der Waals surface area (Å²) >= 11 is 0. The van der Waals surface area contributed by atoms with Crippen molar-refractivity contribution < 1.29 is 26.3 Å². The van der Waals surface area contributed by atoms with Gasteiger partial charge in [-0.05, 0) is 19.4 Å². The van der Waals surface area contributed by atoms with Gasteiger partial charge in [0.05, 0.1) is 0 Å². The second-order valence-electron chi connectivity index (χ2n) is 4.79. The van der Waals surface area contributed by atoms with Crippen molar-refractivity contribution in [3.63, 3.8) is 0 Å². The molecule has 0 aliphatic carbocycles. The third kappa shape index (κ3) is 7.21. The average Bonchev–Trinajstić information content (AvgIpc) is 2.99. The predicted octanol–water partition coefficient (Wildman–Crippen LogP) is 7.10. The molecule has 1 aliphatic heterocycles. The van der Waals surface area contributed by atoms with Gasteiger partial charge in [0, 0.05) is 6.54 Å². The molecule has 1 aliphatic rings. The van der Waals surface area contributed by atoms with Crippen LogP contribution in [0.1, 0.15) is 41.5 Å². The molecule has 9 heteroatoms. The Morgan fingerprint density at radius 1 is 0.966 bits per heavy atom. The summed E-state index contributed by atoms with van der Waals surface area (Å²) in [5.41, 5.74) is -4.46. The zero-order chi connectivity index (χ0) is 24.1. The van der Waals surface area contributed by atoms with Crippen LogP contribution in [-0.2, 0) is 0 Å². The van der Waals surface area contributed by atoms with E-state index in [9.17, 15) is 26.3 Å². The molecular formula is C20H31F6N3. The molecule has 0 saturated carbocycles. The molecule has 1 N–H and O–H groups in total. The van der Waals surface area contributed by atoms with Crippen molar-refractivity contribution in [3.05, 3.63) is 49.6 Å². The van der Waals surface area contributed by atoms with Crippen LogP contribution in [0, 0.1) is 5.41 Å². The fourth-order valence-electron chi connectivity index (χ4n) is 1.99. The Balaban J connectivity index is -0.000000733. The predicted molar refractivity (Wildman–Crippen MR) is 109 cm³/mol. The lowest BCUT2D eigenvalue weighted by molar-refractivity contribution is -0.270. The van der Waals surface area contributed by atoms with E-state index in [1.54, 1.807) is 12.2 Å². The van der Waals surface area contributed by atoms with E-state index >= 15 is 0 Å². The standard InChI is InChI=1S/C12H13F6N3.C4H6.2C2H6/c1-4-6-7(3)8-20-10(11(13,14)15,12(16,17)18)9(19)21(8)5-2;1-3-4-2;2*1-2/h4,6,19H,1,5H2,2-3H3;3-4H,1-2H2;2*1-2H3/b7-6+,19-9?;;;. The first kappa shape index (κ1) is 31.4. The Morgan fingerprint density at radius 2 is 1.34 bits per heavy atom. The van der Waals surface area contributed by atoms with Crippen molar-refractivity contribution in [3.8, 4) is 0 Å². The van der Waals surface area contributed by atoms with Crippen molar-refractivity contribution in [2.45, 2.75) is 59.4 Å². The van der Waals surface area contributed by atoms with Gasteiger partial charge < -0.3 is 4.90 Å². The van der Waals surface area contributed by atoms with Crippen LogP contribution in [0.3, 0.4) is 0 Å². The molecular weight excluding hydrogens is 396 g/mol. The minimum Gasteiger partial charge on any atom is -0.313 e. The van der Waals surface area contributed by atoms with Crippen molar-refractivity contribution in [2.75, 3.05) is 6.54 Å². The number of hydrogen-bond donors (Lipinski definition) is 1. The number of amidine groups is 2. The van der Waals surface area contributed by atoms with Gasteiger partial charge in [0.2, 0.25) is 0 Å². The summed E-state index contributed by atoms with van der Waals surface area (Å²) in [5, 5.41) is 7.40. The summed E-state index contributed by atoms with van der Waals surface area (Å²) in [6, 6.07) is 0. The van der Waals surface area contributed by atoms with Gasteiger partial charge in [0.1, 0.15) is 11.7 Å². The minimum atomic E-state index is -5.76. The highest BCUT2D eigenvalue weighted by Crippen LogP contribution is 2.50. The molecule has 3 nitrogen and oxygen atoms in total. The van der Waals surface area contributed by atoms with Crippen LogP contribution < -0.4 is 0 Å². The molecule has 0 fully saturated rings. The third-order valence-corrected chi connectivity index (χ3v) is 3.17. The molecule has 0 aromatic heterocycles. The highest BCUT2D eigenvalue weighted by Gasteiger charge is 2.77. The van der Waals surface area contributed by atoms with Gasteiger partial charge >= 0.3 is 17.9 Å². The van der Waals surface area contributed by atoms with Crippen LogP contribution in [0.5, 0.6) is 0 Å². The Labute approximate surface area is 169 Å². The third-order valence-electron chi connectivity index (χ3n) is 3.17. The number of allylic oxidation sites excluding steroid dienone is 4. The lowest BCUT2D eigenvalue weighted by Crippen LogP contribution is -2.61. The lowest BCUT2D eigenvalue weighted by atomic mass is 9.97. The number of likely N-dealkylation sites (N-methyl/N-ethyl adjacent to an activating group) is 1. The first-order chi connectivity index (χ1) is 13.4. The first-order valence-electron chi connectivity index (χ1n) is 8.98. The molecule has 29 heavy (non-hydrogen) atoms. The molecule has 0 atom stereocenters. The van der Waals surface area contributed by atoms with Gasteiger partial charge in [0.15, 0.2) is 0 Å². The lowest BCUT2D eigenvalue weighted by Gasteiger charge is -2.31. The molecule has 1 heterocycles. The fraction of sp³-hybridized carbons (Fsp3) is 0.500. The van der Waals surface area contributed by atoms with Gasteiger partial charge in [-0.15, -0.1) is 0 Å². The summed E-state index contributed by atoms with van der Waals surface area (Å²) in [4.78, 5) is 3.46. The van der Waals surface area contributed by atoms with E-state index in [4.69, 9.17) is 5.41 Å². The number of hydrogen-bond acceptors (Lipinski definition) is 2. The molecule has 0 aromatic carbocycles. The smallest absolute Gasteiger partial charge is 0.313 e. The van der Waals surface area contributed by atoms with Gasteiger partial charge in [-0.1, -0.05) is 71.7 Å². The molecule has 0 saturated heterocycles. The number of halogens is 6. The Kier molecular flexibility index (Phi) is 14.9. The van der Waals surface area contributed by atoms with Crippen molar-refractivity contribution in [1.82, 2.24) is 4.90 Å². The number of nitrogens with zero attached hydrogens (tertiary/aromatic N) is 2. The summed E-state index contributed by atoms with van der Waals surface area (Å²) in [5.74, 6) is -2.17. The van der Waals surface area contributed by atoms with Crippen LogP contribution in [0.2, 0.25) is 0 Å². The normalized spacial score (nSPS) is 15.4. The van der Waals surface area contributed by atoms with E-state index in [0.29, 0.717) is 4.90 Å². The summed E-state index contributed by atoms with van der Waals surface area (Å²) in [7, 11) is 0. The Hall–Kier alpha value is -2.32. The van der Waals surface area contributed by atoms with E-state index in [2.05, 4.69) is 24.7 Å². The quantitative estimate of drug-likeness (QED) is 0.377. The minimum absolute atomic E-state index is 0.0620. The molecule has 0 amide bonds. The van der Waals surface area contributed by atoms with Crippen molar-refractivity contribution >= 4 is 11.7 Å². The highest BCUT2D eigenvalue weighted by molar-refractivity contribution is 6.16. The van der Waals surface area contributed by atoms with Gasteiger partial charge in [0.25, 0.3) is 0 Å². The van der Waals surface area contributed by atoms with E-state index < -0.39 is 29.6 Å². The molecule has 1 rings (SSSR count). The molecule has 0 aromatic rings. The molecule has 168 valence electrons. The largest absolute Gasteiger partial charge is 0.430 e. The molecule has 0 spiro atoms. The van der Waals surface area contributed by atoms with Crippen LogP contribution in [0.25, 0.3) is 0 Å². The number of alkyl halides is 6. The summed E-state index contributed by atoms with van der Waals surface area (Å²) < 4.78 is 78.4. The van der Waals surface area contributed by atoms with E-state index in [0.717, 1.165) is 0 Å². The van der Waals surface area contributed by atoms with Crippen molar-refractivity contribution in [1.29, 1.82) is 5.41 Å². The van der Waals surface area contributed by atoms with Crippen LogP contribution in [-0.4, -0.2) is 41.0 Å². The zero-order valence-electron chi connectivity index (χ0n) is 17.8. The number of rotatable bonds is 4. The number of aliphatic imine (C=N–C) groups is 1. The first-order valence-corrected chi connectivity index (χ1v) is 8.98. The highest BCUT2D eigenvalue weighted by atomic mass is 19.4. The Morgan fingerprint density at radius 3 is 1.59 bits per heavy atom. The van der Waals surface area contributed by atoms with Gasteiger partial charge in [-0.25, -0.2) is 4.99 Å². The SMILES string of the molecule is C=C/C=C(\C)C1=NC(C(F)(F)F)(C(F)(F)F)C(=N)N1CC.C=CC=C.CC.CC. The maximum absolute atomic E-state index is 13.1. The van der Waals surface area contributed by atoms with Crippen LogP contribution in [0.15, 0.2) is 54.6 Å². The average molecular weight is 427 g/mol. The zero-order valence-corrected chi connectivity index (χ0v) is 17.8. The monoisotopic (exact) mass is 427 g/mol. The second kappa shape index (κ2) is 13.8. The topological polar surface area (TPSA) is 39.5 Å².